The number of hydrogen-bond donors (Lipinski definition) is 4. The third-order valence-electron chi connectivity index (χ3n) is 6.36. The van der Waals surface area contributed by atoms with Gasteiger partial charge in [0, 0.05) is 18.5 Å². The molecule has 1 atom stereocenters. The van der Waals surface area contributed by atoms with Crippen LogP contribution in [-0.4, -0.2) is 40.6 Å². The average Bonchev–Trinajstić information content (AvgIpc) is 3.57. The molecule has 5 aromatic rings. The van der Waals surface area contributed by atoms with Crippen molar-refractivity contribution in [2.75, 3.05) is 20.6 Å². The summed E-state index contributed by atoms with van der Waals surface area (Å²) in [7, 11) is 3.89. The largest absolute Gasteiger partial charge is 0.342 e. The molecule has 0 amide bonds. The highest BCUT2D eigenvalue weighted by molar-refractivity contribution is 5.90. The second-order valence-corrected chi connectivity index (χ2v) is 8.64. The van der Waals surface area contributed by atoms with Crippen molar-refractivity contribution in [2.24, 2.45) is 0 Å². The van der Waals surface area contributed by atoms with E-state index in [0.29, 0.717) is 0 Å². The Hall–Kier alpha value is -3.74. The minimum Gasteiger partial charge on any atom is -0.342 e. The Labute approximate surface area is 199 Å². The highest BCUT2D eigenvalue weighted by Gasteiger charge is 2.09. The van der Waals surface area contributed by atoms with Gasteiger partial charge in [-0.1, -0.05) is 48.5 Å². The van der Waals surface area contributed by atoms with E-state index in [1.807, 2.05) is 26.5 Å². The fourth-order valence-electron chi connectivity index (χ4n) is 4.15. The number of nitrogens with one attached hydrogen (secondary N) is 4. The zero-order valence-electron chi connectivity index (χ0n) is 19.8. The summed E-state index contributed by atoms with van der Waals surface area (Å²) in [6.07, 6.45) is 4.71. The van der Waals surface area contributed by atoms with Crippen LogP contribution in [0.4, 0.5) is 0 Å². The van der Waals surface area contributed by atoms with Gasteiger partial charge in [0.1, 0.15) is 11.6 Å². The Balaban J connectivity index is 1.36. The van der Waals surface area contributed by atoms with Gasteiger partial charge in [-0.2, -0.15) is 0 Å². The predicted octanol–water partition coefficient (Wildman–Crippen LogP) is 5.33. The van der Waals surface area contributed by atoms with Gasteiger partial charge in [0.2, 0.25) is 0 Å². The molecule has 0 radical (unpaired) electrons. The van der Waals surface area contributed by atoms with Crippen LogP contribution in [0.5, 0.6) is 0 Å². The van der Waals surface area contributed by atoms with Crippen LogP contribution in [0.1, 0.15) is 24.6 Å². The Morgan fingerprint density at radius 2 is 1.35 bits per heavy atom. The van der Waals surface area contributed by atoms with Crippen molar-refractivity contribution >= 4 is 10.8 Å². The lowest BCUT2D eigenvalue weighted by molar-refractivity contribution is 0.618. The standard InChI is InChI=1S/C28H30N6/c1-18(30-3)28-32-17-25(34-28)20-6-4-19(5-7-20)21-8-9-23-15-24(11-10-22(23)14-21)26-16-31-27(33-26)12-13-29-2/h4-11,14-18,29-30H,12-13H2,1-3H3,(H,31,33)(H,32,34)/t18-/m0/s1. The van der Waals surface area contributed by atoms with E-state index < -0.39 is 0 Å². The molecule has 0 saturated carbocycles. The van der Waals surface area contributed by atoms with Gasteiger partial charge >= 0.3 is 0 Å². The molecule has 172 valence electrons. The minimum atomic E-state index is 0.194. The molecule has 0 aliphatic carbocycles. The number of likely N-dealkylation sites (N-methyl/N-ethyl adjacent to an activating group) is 1. The summed E-state index contributed by atoms with van der Waals surface area (Å²) in [6, 6.07) is 22.0. The molecule has 3 aromatic carbocycles. The van der Waals surface area contributed by atoms with Gasteiger partial charge in [0.25, 0.3) is 0 Å². The molecule has 0 bridgehead atoms. The second-order valence-electron chi connectivity index (χ2n) is 8.64. The van der Waals surface area contributed by atoms with E-state index in [-0.39, 0.29) is 6.04 Å². The van der Waals surface area contributed by atoms with E-state index in [9.17, 15) is 0 Å². The smallest absolute Gasteiger partial charge is 0.123 e. The fraction of sp³-hybridized carbons (Fsp3) is 0.214. The van der Waals surface area contributed by atoms with Crippen LogP contribution in [0.2, 0.25) is 0 Å². The molecule has 2 heterocycles. The molecule has 4 N–H and O–H groups in total. The van der Waals surface area contributed by atoms with Gasteiger partial charge in [0.05, 0.1) is 29.8 Å². The van der Waals surface area contributed by atoms with Crippen molar-refractivity contribution in [3.8, 4) is 33.6 Å². The molecule has 6 heteroatoms. The van der Waals surface area contributed by atoms with E-state index >= 15 is 0 Å². The first-order chi connectivity index (χ1) is 16.6. The molecule has 2 aromatic heterocycles. The van der Waals surface area contributed by atoms with E-state index in [1.54, 1.807) is 0 Å². The number of hydrogen-bond acceptors (Lipinski definition) is 4. The quantitative estimate of drug-likeness (QED) is 0.258. The van der Waals surface area contributed by atoms with E-state index in [2.05, 4.69) is 98.2 Å². The number of aromatic nitrogens is 4. The number of nitrogens with zero attached hydrogens (tertiary/aromatic N) is 2. The topological polar surface area (TPSA) is 81.4 Å². The van der Waals surface area contributed by atoms with Gasteiger partial charge in [-0.05, 0) is 60.6 Å². The normalized spacial score (nSPS) is 12.3. The molecule has 34 heavy (non-hydrogen) atoms. The monoisotopic (exact) mass is 450 g/mol. The van der Waals surface area contributed by atoms with Crippen molar-refractivity contribution < 1.29 is 0 Å². The SMILES string of the molecule is CNCCc1ncc(-c2ccc3cc(-c4ccc(-c5cnc([C@H](C)NC)[nH]5)cc4)ccc3c2)[nH]1. The molecule has 6 nitrogen and oxygen atoms in total. The van der Waals surface area contributed by atoms with Crippen LogP contribution in [0.25, 0.3) is 44.4 Å². The van der Waals surface area contributed by atoms with Crippen LogP contribution in [0, 0.1) is 0 Å². The van der Waals surface area contributed by atoms with Crippen molar-refractivity contribution in [1.29, 1.82) is 0 Å². The fourth-order valence-corrected chi connectivity index (χ4v) is 4.15. The van der Waals surface area contributed by atoms with Crippen molar-refractivity contribution in [2.45, 2.75) is 19.4 Å². The number of imidazole rings is 2. The first-order valence-electron chi connectivity index (χ1n) is 11.7. The van der Waals surface area contributed by atoms with Crippen LogP contribution in [-0.2, 0) is 6.42 Å². The summed E-state index contributed by atoms with van der Waals surface area (Å²) in [5, 5.41) is 8.81. The van der Waals surface area contributed by atoms with Crippen molar-refractivity contribution in [3.05, 3.63) is 84.7 Å². The lowest BCUT2D eigenvalue weighted by Crippen LogP contribution is -2.13. The molecule has 0 saturated heterocycles. The first-order valence-corrected chi connectivity index (χ1v) is 11.7. The minimum absolute atomic E-state index is 0.194. The van der Waals surface area contributed by atoms with Crippen LogP contribution < -0.4 is 10.6 Å². The third kappa shape index (κ3) is 4.51. The van der Waals surface area contributed by atoms with Crippen molar-refractivity contribution in [3.63, 3.8) is 0 Å². The van der Waals surface area contributed by atoms with Gasteiger partial charge < -0.3 is 20.6 Å². The van der Waals surface area contributed by atoms with Gasteiger partial charge in [-0.15, -0.1) is 0 Å². The van der Waals surface area contributed by atoms with Crippen LogP contribution in [0.15, 0.2) is 73.1 Å². The number of rotatable bonds is 8. The molecule has 0 spiro atoms. The Kier molecular flexibility index (Phi) is 6.25. The van der Waals surface area contributed by atoms with Gasteiger partial charge in [-0.25, -0.2) is 9.97 Å². The summed E-state index contributed by atoms with van der Waals surface area (Å²) in [6.45, 7) is 3.00. The molecule has 0 unspecified atom stereocenters. The Morgan fingerprint density at radius 3 is 2.09 bits per heavy atom. The number of H-pyrrole nitrogens is 2. The molecular formula is C28H30N6. The summed E-state index contributed by atoms with van der Waals surface area (Å²) in [4.78, 5) is 15.8. The number of benzene rings is 3. The number of fused-ring (bicyclic) bond motifs is 1. The lowest BCUT2D eigenvalue weighted by atomic mass is 9.98. The van der Waals surface area contributed by atoms with Gasteiger partial charge in [0.15, 0.2) is 0 Å². The second kappa shape index (κ2) is 9.63. The van der Waals surface area contributed by atoms with Crippen LogP contribution in [0.3, 0.4) is 0 Å². The van der Waals surface area contributed by atoms with Gasteiger partial charge in [-0.3, -0.25) is 0 Å². The molecule has 5 rings (SSSR count). The van der Waals surface area contributed by atoms with E-state index in [1.165, 1.54) is 21.9 Å². The maximum atomic E-state index is 4.50. The highest BCUT2D eigenvalue weighted by Crippen LogP contribution is 2.29. The highest BCUT2D eigenvalue weighted by atomic mass is 15.0. The predicted molar refractivity (Wildman–Crippen MR) is 140 cm³/mol. The summed E-state index contributed by atoms with van der Waals surface area (Å²) in [5.41, 5.74) is 6.77. The zero-order valence-corrected chi connectivity index (χ0v) is 19.8. The number of aromatic amines is 2. The Morgan fingerprint density at radius 1 is 0.735 bits per heavy atom. The van der Waals surface area contributed by atoms with Crippen LogP contribution >= 0.6 is 0 Å². The van der Waals surface area contributed by atoms with E-state index in [0.717, 1.165) is 47.1 Å². The zero-order chi connectivity index (χ0) is 23.5. The first kappa shape index (κ1) is 22.1. The average molecular weight is 451 g/mol. The summed E-state index contributed by atoms with van der Waals surface area (Å²) >= 11 is 0. The lowest BCUT2D eigenvalue weighted by Gasteiger charge is -2.08. The summed E-state index contributed by atoms with van der Waals surface area (Å²) in [5.74, 6) is 1.95. The maximum absolute atomic E-state index is 4.50. The van der Waals surface area contributed by atoms with Crippen molar-refractivity contribution in [1.82, 2.24) is 30.6 Å². The molecular weight excluding hydrogens is 420 g/mol. The Bertz CT molecular complexity index is 1400. The molecule has 0 aliphatic heterocycles. The maximum Gasteiger partial charge on any atom is 0.123 e. The molecule has 0 fully saturated rings. The molecule has 0 aliphatic rings. The third-order valence-corrected chi connectivity index (χ3v) is 6.36. The summed E-state index contributed by atoms with van der Waals surface area (Å²) < 4.78 is 0. The van der Waals surface area contributed by atoms with E-state index in [4.69, 9.17) is 0 Å².